The van der Waals surface area contributed by atoms with Gasteiger partial charge in [-0.3, -0.25) is 28.2 Å². The topological polar surface area (TPSA) is 0 Å². The van der Waals surface area contributed by atoms with E-state index in [1.54, 1.807) is 0 Å². The molecule has 6 aromatic carbocycles. The van der Waals surface area contributed by atoms with Crippen LogP contribution in [0, 0.1) is 0 Å². The molecule has 0 aliphatic carbocycles. The fourth-order valence-corrected chi connectivity index (χ4v) is 2.31. The van der Waals surface area contributed by atoms with Crippen molar-refractivity contribution in [2.75, 3.05) is 0 Å². The summed E-state index contributed by atoms with van der Waals surface area (Å²) in [5.41, 5.74) is 0. The molecule has 0 aromatic heterocycles. The van der Waals surface area contributed by atoms with Crippen molar-refractivity contribution < 1.29 is 28.2 Å². The Labute approximate surface area is 246 Å². The van der Waals surface area contributed by atoms with E-state index in [9.17, 15) is 0 Å². The second kappa shape index (κ2) is 45.8. The Morgan fingerprint density at radius 3 is 0.119 bits per heavy atom. The van der Waals surface area contributed by atoms with Gasteiger partial charge >= 0.3 is 0 Å². The Balaban J connectivity index is -0.0000000900. The highest BCUT2D eigenvalue weighted by Gasteiger charge is 1.60. The molecule has 0 aliphatic heterocycles. The fourth-order valence-electron chi connectivity index (χ4n) is 2.31. The minimum Gasteiger partial charge on any atom is -0.269 e. The van der Waals surface area contributed by atoms with E-state index in [0.717, 1.165) is 0 Å². The van der Waals surface area contributed by atoms with E-state index in [-0.39, 0.29) is 28.2 Å². The first kappa shape index (κ1) is 49.8. The van der Waals surface area contributed by atoms with Gasteiger partial charge in [0.2, 0.25) is 0 Å². The van der Waals surface area contributed by atoms with Crippen molar-refractivity contribution in [1.82, 2.24) is 0 Å². The van der Waals surface area contributed by atoms with Crippen LogP contribution in [0.5, 0.6) is 0 Å². The number of hydrogen-bond acceptors (Lipinski definition) is 0. The first-order valence-electron chi connectivity index (χ1n) is 12.0. The maximum absolute atomic E-state index is 2.00. The maximum atomic E-state index is 2.00. The van der Waals surface area contributed by atoms with Crippen LogP contribution in [-0.2, 0) is 0 Å². The lowest BCUT2D eigenvalue weighted by Crippen LogP contribution is -1.47. The van der Waals surface area contributed by atoms with Crippen LogP contribution in [-0.4, -0.2) is 0 Å². The zero-order chi connectivity index (χ0) is 25.5. The molecular weight excluding hydrogens is 546 g/mol. The van der Waals surface area contributed by atoms with Crippen molar-refractivity contribution in [2.45, 2.75) is 0 Å². The van der Waals surface area contributed by atoms with Crippen molar-refractivity contribution in [3.63, 3.8) is 0 Å². The Kier molecular flexibility index (Phi) is 54.3. The molecule has 42 heavy (non-hydrogen) atoms. The predicted molar refractivity (Wildman–Crippen MR) is 174 cm³/mol. The van der Waals surface area contributed by atoms with E-state index in [1.807, 2.05) is 218 Å². The second-order valence-corrected chi connectivity index (χ2v) is 6.93. The molecular formula is C36H42F6. The fraction of sp³-hybridized carbons (Fsp3) is 0. The van der Waals surface area contributed by atoms with Gasteiger partial charge in [0, 0.05) is 0 Å². The molecule has 0 nitrogen and oxygen atoms in total. The molecule has 0 unspecified atom stereocenters. The van der Waals surface area contributed by atoms with Gasteiger partial charge in [-0.1, -0.05) is 218 Å². The molecule has 6 heteroatoms. The average Bonchev–Trinajstić information content (AvgIpc) is 3.04. The molecule has 0 saturated heterocycles. The van der Waals surface area contributed by atoms with Crippen molar-refractivity contribution in [3.05, 3.63) is 218 Å². The summed E-state index contributed by atoms with van der Waals surface area (Å²) in [6.07, 6.45) is 0. The first-order valence-corrected chi connectivity index (χ1v) is 12.0. The Bertz CT molecular complexity index is 701. The molecule has 0 saturated carbocycles. The van der Waals surface area contributed by atoms with Crippen LogP contribution in [0.25, 0.3) is 0 Å². The molecule has 0 spiro atoms. The summed E-state index contributed by atoms with van der Waals surface area (Å²) in [7, 11) is 0. The number of hydrogen-bond donors (Lipinski definition) is 0. The third kappa shape index (κ3) is 42.0. The Morgan fingerprint density at radius 2 is 0.0952 bits per heavy atom. The van der Waals surface area contributed by atoms with Gasteiger partial charge < -0.3 is 0 Å². The minimum absolute atomic E-state index is 0. The highest BCUT2D eigenvalue weighted by Crippen LogP contribution is 1.82. The molecule has 0 amide bonds. The standard InChI is InChI=1S/6C6H6.6FH/c6*1-2-4-6-5-3-1;;;;;;/h6*1-6H;6*1H. The van der Waals surface area contributed by atoms with E-state index in [0.29, 0.717) is 0 Å². The lowest BCUT2D eigenvalue weighted by molar-refractivity contribution is 1.11. The van der Waals surface area contributed by atoms with Crippen LogP contribution in [0.2, 0.25) is 0 Å². The van der Waals surface area contributed by atoms with Gasteiger partial charge in [0.05, 0.1) is 0 Å². The quantitative estimate of drug-likeness (QED) is 0.155. The van der Waals surface area contributed by atoms with Gasteiger partial charge in [-0.2, -0.15) is 0 Å². The monoisotopic (exact) mass is 588 g/mol. The molecule has 228 valence electrons. The first-order chi connectivity index (χ1) is 18.0. The summed E-state index contributed by atoms with van der Waals surface area (Å²) in [6.45, 7) is 0. The van der Waals surface area contributed by atoms with E-state index in [4.69, 9.17) is 0 Å². The van der Waals surface area contributed by atoms with E-state index in [2.05, 4.69) is 0 Å². The zero-order valence-electron chi connectivity index (χ0n) is 23.2. The van der Waals surface area contributed by atoms with Crippen LogP contribution in [0.1, 0.15) is 0 Å². The predicted octanol–water partition coefficient (Wildman–Crippen LogP) is 11.0. The molecule has 0 heterocycles. The van der Waals surface area contributed by atoms with Crippen LogP contribution in [0.4, 0.5) is 28.2 Å². The third-order valence-corrected chi connectivity index (χ3v) is 4.00. The highest BCUT2D eigenvalue weighted by molar-refractivity contribution is 5.02. The minimum atomic E-state index is 0. The van der Waals surface area contributed by atoms with E-state index < -0.39 is 0 Å². The molecule has 0 N–H and O–H groups in total. The molecule has 0 bridgehead atoms. The smallest absolute Gasteiger partial charge is 0.0623 e. The van der Waals surface area contributed by atoms with Gasteiger partial charge in [0.1, 0.15) is 0 Å². The van der Waals surface area contributed by atoms with Crippen molar-refractivity contribution >= 4 is 0 Å². The third-order valence-electron chi connectivity index (χ3n) is 4.00. The van der Waals surface area contributed by atoms with E-state index in [1.165, 1.54) is 0 Å². The van der Waals surface area contributed by atoms with Gasteiger partial charge in [-0.05, 0) is 0 Å². The van der Waals surface area contributed by atoms with Crippen LogP contribution < -0.4 is 0 Å². The lowest BCUT2D eigenvalue weighted by atomic mass is 10.4. The zero-order valence-corrected chi connectivity index (χ0v) is 23.2. The largest absolute Gasteiger partial charge is 0.269 e. The number of halogens is 6. The van der Waals surface area contributed by atoms with Crippen molar-refractivity contribution in [2.24, 2.45) is 0 Å². The molecule has 0 atom stereocenters. The summed E-state index contributed by atoms with van der Waals surface area (Å²) < 4.78 is 0. The summed E-state index contributed by atoms with van der Waals surface area (Å²) in [4.78, 5) is 0. The average molecular weight is 589 g/mol. The van der Waals surface area contributed by atoms with E-state index >= 15 is 0 Å². The summed E-state index contributed by atoms with van der Waals surface area (Å²) >= 11 is 0. The summed E-state index contributed by atoms with van der Waals surface area (Å²) in [5, 5.41) is 0. The SMILES string of the molecule is F.F.F.F.F.F.c1ccccc1.c1ccccc1.c1ccccc1.c1ccccc1.c1ccccc1.c1ccccc1. The van der Waals surface area contributed by atoms with Crippen molar-refractivity contribution in [1.29, 1.82) is 0 Å². The molecule has 6 aromatic rings. The maximum Gasteiger partial charge on any atom is -0.0623 e. The molecule has 0 fully saturated rings. The van der Waals surface area contributed by atoms with Crippen LogP contribution >= 0.6 is 0 Å². The van der Waals surface area contributed by atoms with Gasteiger partial charge in [0.15, 0.2) is 0 Å². The Morgan fingerprint density at radius 1 is 0.0714 bits per heavy atom. The van der Waals surface area contributed by atoms with Gasteiger partial charge in [-0.15, -0.1) is 0 Å². The second-order valence-electron chi connectivity index (χ2n) is 6.93. The molecule has 0 aliphatic rings. The molecule has 6 rings (SSSR count). The summed E-state index contributed by atoms with van der Waals surface area (Å²) in [5.74, 6) is 0. The van der Waals surface area contributed by atoms with Crippen LogP contribution in [0.15, 0.2) is 218 Å². The highest BCUT2D eigenvalue weighted by atomic mass is 19.0. The summed E-state index contributed by atoms with van der Waals surface area (Å²) in [6, 6.07) is 72.0. The van der Waals surface area contributed by atoms with Crippen LogP contribution in [0.3, 0.4) is 0 Å². The normalized spacial score (nSPS) is 6.86. The Hall–Kier alpha value is -5.10. The number of benzene rings is 6. The number of rotatable bonds is 0. The lowest BCUT2D eigenvalue weighted by Gasteiger charge is -1.69. The van der Waals surface area contributed by atoms with Gasteiger partial charge in [-0.25, -0.2) is 0 Å². The van der Waals surface area contributed by atoms with Gasteiger partial charge in [0.25, 0.3) is 0 Å². The van der Waals surface area contributed by atoms with Crippen molar-refractivity contribution in [3.8, 4) is 0 Å². The molecule has 0 radical (unpaired) electrons.